The van der Waals surface area contributed by atoms with Crippen molar-refractivity contribution in [1.82, 2.24) is 4.98 Å². The Hall–Kier alpha value is -0.880. The SMILES string of the molecule is N#CC1(Cc2nc(C3CCC3)cs2)CCC1. The third kappa shape index (κ3) is 1.66. The highest BCUT2D eigenvalue weighted by molar-refractivity contribution is 7.09. The van der Waals surface area contributed by atoms with Crippen LogP contribution in [0.1, 0.15) is 55.1 Å². The molecule has 84 valence electrons. The molecule has 0 saturated heterocycles. The number of nitriles is 1. The highest BCUT2D eigenvalue weighted by Crippen LogP contribution is 2.44. The molecule has 0 atom stereocenters. The average Bonchev–Trinajstić information content (AvgIpc) is 2.57. The molecule has 1 aromatic heterocycles. The molecule has 2 saturated carbocycles. The van der Waals surface area contributed by atoms with Gasteiger partial charge in [-0.1, -0.05) is 12.8 Å². The molecule has 0 N–H and O–H groups in total. The highest BCUT2D eigenvalue weighted by Gasteiger charge is 2.38. The second-order valence-electron chi connectivity index (χ2n) is 5.22. The number of hydrogen-bond acceptors (Lipinski definition) is 3. The summed E-state index contributed by atoms with van der Waals surface area (Å²) in [4.78, 5) is 4.71. The van der Waals surface area contributed by atoms with Gasteiger partial charge in [-0.15, -0.1) is 11.3 Å². The van der Waals surface area contributed by atoms with Crippen LogP contribution in [0.25, 0.3) is 0 Å². The molecular formula is C13H16N2S. The molecule has 3 heteroatoms. The van der Waals surface area contributed by atoms with E-state index in [0.29, 0.717) is 0 Å². The van der Waals surface area contributed by atoms with Crippen LogP contribution in [0, 0.1) is 16.7 Å². The maximum Gasteiger partial charge on any atom is 0.0944 e. The van der Waals surface area contributed by atoms with Gasteiger partial charge in [0.1, 0.15) is 0 Å². The fraction of sp³-hybridized carbons (Fsp3) is 0.692. The standard InChI is InChI=1S/C13H16N2S/c14-9-13(5-2-6-13)7-12-15-11(8-16-12)10-3-1-4-10/h8,10H,1-7H2. The summed E-state index contributed by atoms with van der Waals surface area (Å²) in [5, 5.41) is 12.6. The summed E-state index contributed by atoms with van der Waals surface area (Å²) >= 11 is 1.76. The van der Waals surface area contributed by atoms with Crippen molar-refractivity contribution in [3.8, 4) is 6.07 Å². The van der Waals surface area contributed by atoms with Gasteiger partial charge in [-0.2, -0.15) is 5.26 Å². The number of hydrogen-bond donors (Lipinski definition) is 0. The summed E-state index contributed by atoms with van der Waals surface area (Å²) in [7, 11) is 0. The topological polar surface area (TPSA) is 36.7 Å². The lowest BCUT2D eigenvalue weighted by atomic mass is 9.68. The zero-order valence-corrected chi connectivity index (χ0v) is 10.2. The van der Waals surface area contributed by atoms with Crippen LogP contribution in [0.2, 0.25) is 0 Å². The number of rotatable bonds is 3. The molecule has 0 spiro atoms. The molecule has 0 unspecified atom stereocenters. The number of thiazole rings is 1. The highest BCUT2D eigenvalue weighted by atomic mass is 32.1. The minimum atomic E-state index is -0.0608. The van der Waals surface area contributed by atoms with Crippen LogP contribution in [0.15, 0.2) is 5.38 Å². The van der Waals surface area contributed by atoms with Crippen molar-refractivity contribution in [1.29, 1.82) is 5.26 Å². The molecule has 2 aliphatic carbocycles. The van der Waals surface area contributed by atoms with Gasteiger partial charge in [0, 0.05) is 17.7 Å². The smallest absolute Gasteiger partial charge is 0.0944 e. The van der Waals surface area contributed by atoms with E-state index in [4.69, 9.17) is 4.98 Å². The molecule has 0 radical (unpaired) electrons. The monoisotopic (exact) mass is 232 g/mol. The Morgan fingerprint density at radius 3 is 2.75 bits per heavy atom. The Bertz CT molecular complexity index is 421. The first-order valence-corrected chi connectivity index (χ1v) is 7.05. The van der Waals surface area contributed by atoms with Crippen LogP contribution in [0.4, 0.5) is 0 Å². The molecule has 0 amide bonds. The molecular weight excluding hydrogens is 216 g/mol. The van der Waals surface area contributed by atoms with E-state index >= 15 is 0 Å². The molecule has 2 fully saturated rings. The van der Waals surface area contributed by atoms with Crippen molar-refractivity contribution in [2.75, 3.05) is 0 Å². The van der Waals surface area contributed by atoms with Gasteiger partial charge in [-0.3, -0.25) is 0 Å². The number of aromatic nitrogens is 1. The minimum Gasteiger partial charge on any atom is -0.246 e. The molecule has 2 nitrogen and oxygen atoms in total. The van der Waals surface area contributed by atoms with E-state index in [0.717, 1.165) is 25.2 Å². The first kappa shape index (κ1) is 10.3. The van der Waals surface area contributed by atoms with Gasteiger partial charge in [-0.05, 0) is 25.7 Å². The summed E-state index contributed by atoms with van der Waals surface area (Å²) < 4.78 is 0. The van der Waals surface area contributed by atoms with Crippen LogP contribution in [-0.4, -0.2) is 4.98 Å². The quantitative estimate of drug-likeness (QED) is 0.797. The van der Waals surface area contributed by atoms with Gasteiger partial charge in [0.25, 0.3) is 0 Å². The Balaban J connectivity index is 1.70. The zero-order valence-electron chi connectivity index (χ0n) is 9.41. The molecule has 2 aliphatic rings. The van der Waals surface area contributed by atoms with Crippen LogP contribution in [0.3, 0.4) is 0 Å². The normalized spacial score (nSPS) is 23.2. The summed E-state index contributed by atoms with van der Waals surface area (Å²) in [6.07, 6.45) is 8.23. The van der Waals surface area contributed by atoms with Crippen LogP contribution < -0.4 is 0 Å². The molecule has 1 heterocycles. The number of nitrogens with zero attached hydrogens (tertiary/aromatic N) is 2. The fourth-order valence-corrected chi connectivity index (χ4v) is 3.54. The predicted octanol–water partition coefficient (Wildman–Crippen LogP) is 3.65. The van der Waals surface area contributed by atoms with Gasteiger partial charge in [-0.25, -0.2) is 4.98 Å². The first-order chi connectivity index (χ1) is 7.81. The Morgan fingerprint density at radius 2 is 2.25 bits per heavy atom. The molecule has 0 bridgehead atoms. The van der Waals surface area contributed by atoms with E-state index in [1.807, 2.05) is 0 Å². The largest absolute Gasteiger partial charge is 0.246 e. The van der Waals surface area contributed by atoms with E-state index in [-0.39, 0.29) is 5.41 Å². The fourth-order valence-electron chi connectivity index (χ4n) is 2.52. The Kier molecular flexibility index (Phi) is 2.48. The Morgan fingerprint density at radius 1 is 1.44 bits per heavy atom. The van der Waals surface area contributed by atoms with Crippen LogP contribution in [0.5, 0.6) is 0 Å². The van der Waals surface area contributed by atoms with Crippen molar-refractivity contribution < 1.29 is 0 Å². The minimum absolute atomic E-state index is 0.0608. The van der Waals surface area contributed by atoms with Crippen molar-refractivity contribution in [3.05, 3.63) is 16.1 Å². The lowest BCUT2D eigenvalue weighted by Crippen LogP contribution is -2.29. The van der Waals surface area contributed by atoms with Crippen molar-refractivity contribution >= 4 is 11.3 Å². The lowest BCUT2D eigenvalue weighted by Gasteiger charge is -2.34. The van der Waals surface area contributed by atoms with E-state index in [9.17, 15) is 5.26 Å². The van der Waals surface area contributed by atoms with Crippen molar-refractivity contribution in [3.63, 3.8) is 0 Å². The predicted molar refractivity (Wildman–Crippen MR) is 64.3 cm³/mol. The van der Waals surface area contributed by atoms with E-state index < -0.39 is 0 Å². The maximum absolute atomic E-state index is 9.20. The Labute approximate surface area is 100 Å². The molecule has 1 aromatic rings. The van der Waals surface area contributed by atoms with E-state index in [1.165, 1.54) is 36.4 Å². The molecule has 0 aromatic carbocycles. The van der Waals surface area contributed by atoms with E-state index in [2.05, 4.69) is 11.4 Å². The van der Waals surface area contributed by atoms with Gasteiger partial charge in [0.05, 0.1) is 22.2 Å². The lowest BCUT2D eigenvalue weighted by molar-refractivity contribution is 0.213. The molecule has 16 heavy (non-hydrogen) atoms. The maximum atomic E-state index is 9.20. The van der Waals surface area contributed by atoms with Gasteiger partial charge < -0.3 is 0 Å². The van der Waals surface area contributed by atoms with Crippen molar-refractivity contribution in [2.24, 2.45) is 5.41 Å². The second kappa shape index (κ2) is 3.85. The van der Waals surface area contributed by atoms with Crippen LogP contribution >= 0.6 is 11.3 Å². The molecule has 3 rings (SSSR count). The summed E-state index contributed by atoms with van der Waals surface area (Å²) in [5.41, 5.74) is 1.23. The van der Waals surface area contributed by atoms with Crippen LogP contribution in [-0.2, 0) is 6.42 Å². The summed E-state index contributed by atoms with van der Waals surface area (Å²) in [6, 6.07) is 2.50. The summed E-state index contributed by atoms with van der Waals surface area (Å²) in [5.74, 6) is 0.726. The second-order valence-corrected chi connectivity index (χ2v) is 6.16. The van der Waals surface area contributed by atoms with E-state index in [1.54, 1.807) is 11.3 Å². The van der Waals surface area contributed by atoms with Gasteiger partial charge in [0.2, 0.25) is 0 Å². The molecule has 0 aliphatic heterocycles. The third-order valence-electron chi connectivity index (χ3n) is 4.13. The average molecular weight is 232 g/mol. The van der Waals surface area contributed by atoms with Gasteiger partial charge in [0.15, 0.2) is 0 Å². The summed E-state index contributed by atoms with van der Waals surface area (Å²) in [6.45, 7) is 0. The first-order valence-electron chi connectivity index (χ1n) is 6.17. The zero-order chi connectivity index (χ0) is 11.0. The van der Waals surface area contributed by atoms with Crippen molar-refractivity contribution in [2.45, 2.75) is 50.9 Å². The third-order valence-corrected chi connectivity index (χ3v) is 5.00. The van der Waals surface area contributed by atoms with Gasteiger partial charge >= 0.3 is 0 Å².